The molecule has 0 atom stereocenters. The predicted molar refractivity (Wildman–Crippen MR) is 184 cm³/mol. The van der Waals surface area contributed by atoms with E-state index in [0.29, 0.717) is 31.0 Å². The maximum Gasteiger partial charge on any atom is 0.298 e. The van der Waals surface area contributed by atoms with E-state index >= 15 is 0 Å². The molecule has 0 amide bonds. The normalized spacial score (nSPS) is 10.6. The van der Waals surface area contributed by atoms with Crippen molar-refractivity contribution >= 4 is 52.5 Å². The summed E-state index contributed by atoms with van der Waals surface area (Å²) in [6.07, 6.45) is 4.04. The van der Waals surface area contributed by atoms with Crippen molar-refractivity contribution in [2.45, 2.75) is 54.3 Å². The minimum atomic E-state index is -0.674. The molecule has 0 fully saturated rings. The molecule has 18 heteroatoms. The molecule has 0 unspecified atom stereocenters. The Morgan fingerprint density at radius 3 is 1.34 bits per heavy atom. The third-order valence-corrected chi connectivity index (χ3v) is 7.55. The van der Waals surface area contributed by atoms with Gasteiger partial charge in [-0.15, -0.1) is 0 Å². The summed E-state index contributed by atoms with van der Waals surface area (Å²) < 4.78 is 59.1. The molecule has 6 aromatic heterocycles. The maximum absolute atomic E-state index is 13.8. The molecule has 0 saturated carbocycles. The first-order valence-corrected chi connectivity index (χ1v) is 15.7. The fourth-order valence-corrected chi connectivity index (χ4v) is 5.19. The quantitative estimate of drug-likeness (QED) is 0.154. The van der Waals surface area contributed by atoms with E-state index in [1.54, 1.807) is 34.5 Å². The third-order valence-electron chi connectivity index (χ3n) is 7.55. The lowest BCUT2D eigenvalue weighted by atomic mass is 10.2. The number of pyridine rings is 6. The van der Waals surface area contributed by atoms with Crippen molar-refractivity contribution in [3.8, 4) is 17.2 Å². The summed E-state index contributed by atoms with van der Waals surface area (Å²) in [6.45, 7) is 10.6. The van der Waals surface area contributed by atoms with E-state index in [9.17, 15) is 41.9 Å². The van der Waals surface area contributed by atoms with Crippen LogP contribution < -0.4 is 30.5 Å². The highest BCUT2D eigenvalue weighted by Gasteiger charge is 2.17. The van der Waals surface area contributed by atoms with Gasteiger partial charge in [-0.1, -0.05) is 0 Å². The summed E-state index contributed by atoms with van der Waals surface area (Å²) in [7, 11) is 0. The number of carbonyl (C=O) groups is 3. The van der Waals surface area contributed by atoms with E-state index in [4.69, 9.17) is 0 Å². The standard InChI is InChI=1S/2C12H11FN2O3.C11H9FN2O3/c2*1-3-15-5-9(18-6-16)11(17)10-8(13)4-7(2)14-12(10)15;1-2-14-5-8(17-6-15)10(16)7-3-4-9(12)13-11(7)14/h2*4-6H,3H2,1-2H3;3-6H,2H2,1H3. The summed E-state index contributed by atoms with van der Waals surface area (Å²) in [6, 6.07) is 4.76. The molecular weight excluding hydrogens is 705 g/mol. The Bertz CT molecular complexity index is 2430. The van der Waals surface area contributed by atoms with Gasteiger partial charge in [0.05, 0.1) is 24.0 Å². The SMILES string of the molecule is CCn1cc(OC=O)c(=O)c2c(F)cc(C)nc21.CCn1cc(OC=O)c(=O)c2c(F)cc(C)nc21.CCn1cc(OC=O)c(=O)c2ccc(F)nc21. The van der Waals surface area contributed by atoms with E-state index in [1.807, 2.05) is 13.8 Å². The predicted octanol–water partition coefficient (Wildman–Crippen LogP) is 3.89. The van der Waals surface area contributed by atoms with Gasteiger partial charge in [0.25, 0.3) is 19.4 Å². The number of hydrogen-bond acceptors (Lipinski definition) is 12. The first kappa shape index (κ1) is 39.1. The molecule has 0 bridgehead atoms. The second-order valence-corrected chi connectivity index (χ2v) is 10.9. The molecule has 276 valence electrons. The molecule has 0 N–H and O–H groups in total. The third kappa shape index (κ3) is 8.27. The van der Waals surface area contributed by atoms with Crippen LogP contribution in [0, 0.1) is 31.4 Å². The van der Waals surface area contributed by atoms with Crippen LogP contribution in [0.3, 0.4) is 0 Å². The van der Waals surface area contributed by atoms with Crippen molar-refractivity contribution in [2.24, 2.45) is 0 Å². The minimum absolute atomic E-state index is 0.0947. The van der Waals surface area contributed by atoms with Crippen LogP contribution in [0.25, 0.3) is 33.1 Å². The first-order valence-electron chi connectivity index (χ1n) is 15.7. The van der Waals surface area contributed by atoms with Gasteiger partial charge in [0, 0.05) is 31.0 Å². The van der Waals surface area contributed by atoms with Crippen LogP contribution in [-0.2, 0) is 34.0 Å². The summed E-state index contributed by atoms with van der Waals surface area (Å²) in [5.41, 5.74) is -0.147. The van der Waals surface area contributed by atoms with Gasteiger partial charge in [0.2, 0.25) is 22.2 Å². The fourth-order valence-electron chi connectivity index (χ4n) is 5.19. The van der Waals surface area contributed by atoms with E-state index in [0.717, 1.165) is 6.07 Å². The average molecular weight is 737 g/mol. The number of halogens is 3. The lowest BCUT2D eigenvalue weighted by Gasteiger charge is -2.10. The second-order valence-electron chi connectivity index (χ2n) is 10.9. The number of hydrogen-bond donors (Lipinski definition) is 0. The van der Waals surface area contributed by atoms with Crippen molar-refractivity contribution in [3.05, 3.63) is 102 Å². The zero-order valence-electron chi connectivity index (χ0n) is 28.9. The Morgan fingerprint density at radius 2 is 0.962 bits per heavy atom. The lowest BCUT2D eigenvalue weighted by molar-refractivity contribution is -0.121. The Morgan fingerprint density at radius 1 is 0.585 bits per heavy atom. The van der Waals surface area contributed by atoms with Gasteiger partial charge in [-0.25, -0.2) is 23.7 Å². The molecule has 0 radical (unpaired) electrons. The van der Waals surface area contributed by atoms with Gasteiger partial charge < -0.3 is 27.9 Å². The zero-order chi connectivity index (χ0) is 39.0. The molecule has 6 heterocycles. The Hall–Kier alpha value is -6.72. The maximum atomic E-state index is 13.8. The number of aromatic nitrogens is 6. The number of carbonyl (C=O) groups excluding carboxylic acids is 3. The molecule has 15 nitrogen and oxygen atoms in total. The van der Waals surface area contributed by atoms with E-state index in [-0.39, 0.29) is 69.8 Å². The van der Waals surface area contributed by atoms with Crippen molar-refractivity contribution in [1.82, 2.24) is 28.7 Å². The number of fused-ring (bicyclic) bond motifs is 3. The first-order chi connectivity index (χ1) is 25.3. The van der Waals surface area contributed by atoms with Crippen LogP contribution in [0.4, 0.5) is 13.2 Å². The van der Waals surface area contributed by atoms with Gasteiger partial charge in [-0.3, -0.25) is 28.8 Å². The minimum Gasteiger partial charge on any atom is -0.423 e. The topological polar surface area (TPSA) is 184 Å². The van der Waals surface area contributed by atoms with E-state index < -0.39 is 33.9 Å². The zero-order valence-corrected chi connectivity index (χ0v) is 28.9. The molecule has 6 aromatic rings. The van der Waals surface area contributed by atoms with Crippen LogP contribution in [-0.4, -0.2) is 48.1 Å². The van der Waals surface area contributed by atoms with Crippen molar-refractivity contribution in [3.63, 3.8) is 0 Å². The van der Waals surface area contributed by atoms with Crippen LogP contribution in [0.5, 0.6) is 17.2 Å². The number of aryl methyl sites for hydroxylation is 5. The van der Waals surface area contributed by atoms with Crippen molar-refractivity contribution < 1.29 is 41.8 Å². The summed E-state index contributed by atoms with van der Waals surface area (Å²) in [4.78, 5) is 78.6. The van der Waals surface area contributed by atoms with Crippen LogP contribution >= 0.6 is 0 Å². The van der Waals surface area contributed by atoms with Crippen LogP contribution in [0.2, 0.25) is 0 Å². The van der Waals surface area contributed by atoms with Gasteiger partial charge in [-0.05, 0) is 58.9 Å². The van der Waals surface area contributed by atoms with Crippen molar-refractivity contribution in [2.75, 3.05) is 0 Å². The number of rotatable bonds is 9. The fraction of sp³-hybridized carbons (Fsp3) is 0.229. The van der Waals surface area contributed by atoms with Gasteiger partial charge in [0.15, 0.2) is 17.2 Å². The summed E-state index contributed by atoms with van der Waals surface area (Å²) >= 11 is 0. The van der Waals surface area contributed by atoms with E-state index in [1.165, 1.54) is 36.8 Å². The molecule has 0 aliphatic rings. The smallest absolute Gasteiger partial charge is 0.298 e. The number of ether oxygens (including phenoxy) is 3. The largest absolute Gasteiger partial charge is 0.423 e. The van der Waals surface area contributed by atoms with Gasteiger partial charge in [0.1, 0.15) is 39.3 Å². The van der Waals surface area contributed by atoms with Crippen LogP contribution in [0.1, 0.15) is 32.2 Å². The molecule has 0 aliphatic heterocycles. The lowest BCUT2D eigenvalue weighted by Crippen LogP contribution is -2.15. The second kappa shape index (κ2) is 17.0. The molecule has 0 saturated heterocycles. The average Bonchev–Trinajstić information content (AvgIpc) is 3.12. The van der Waals surface area contributed by atoms with Gasteiger partial charge >= 0.3 is 0 Å². The molecule has 0 aliphatic carbocycles. The molecule has 6 rings (SSSR count). The summed E-state index contributed by atoms with van der Waals surface area (Å²) in [5, 5.41) is -0.115. The highest BCUT2D eigenvalue weighted by atomic mass is 19.1. The Labute approximate surface area is 296 Å². The monoisotopic (exact) mass is 736 g/mol. The molecule has 0 spiro atoms. The summed E-state index contributed by atoms with van der Waals surface area (Å²) in [5.74, 6) is -2.50. The van der Waals surface area contributed by atoms with E-state index in [2.05, 4.69) is 29.2 Å². The van der Waals surface area contributed by atoms with Gasteiger partial charge in [-0.2, -0.15) is 4.39 Å². The highest BCUT2D eigenvalue weighted by Crippen LogP contribution is 2.19. The number of nitrogens with zero attached hydrogens (tertiary/aromatic N) is 6. The highest BCUT2D eigenvalue weighted by molar-refractivity contribution is 5.79. The van der Waals surface area contributed by atoms with Crippen molar-refractivity contribution in [1.29, 1.82) is 0 Å². The Kier molecular flexibility index (Phi) is 12.5. The molecule has 53 heavy (non-hydrogen) atoms. The van der Waals surface area contributed by atoms with Crippen LogP contribution in [0.15, 0.2) is 57.2 Å². The molecular formula is C35H31F3N6O9. The molecule has 0 aromatic carbocycles. The Balaban J connectivity index is 0.000000178.